The van der Waals surface area contributed by atoms with Gasteiger partial charge in [0.2, 0.25) is 5.91 Å². The van der Waals surface area contributed by atoms with Crippen molar-refractivity contribution in [3.8, 4) is 5.75 Å². The molecule has 232 valence electrons. The average Bonchev–Trinajstić information content (AvgIpc) is 3.68. The molecule has 0 radical (unpaired) electrons. The van der Waals surface area contributed by atoms with Gasteiger partial charge in [-0.25, -0.2) is 0 Å². The Kier molecular flexibility index (Phi) is 8.52. The standard InChI is InChI=1S/C35H41BrN2O5Si/c1-23-33(44(3,4)28-15-13-27(42-2)14-16-28)31(20-32(40)37-18-8-11-26(37)22-39)43-35(23)29-19-25(36)12-17-30(29)38(34(35)41)21-24-9-6-5-7-10-24/h5-7,9-10,12-17,19,23,26,31,33,39H,8,11,18,20-22H2,1-4H3/t23-,26-,31+,33-,35+/m0/s1. The van der Waals surface area contributed by atoms with Crippen molar-refractivity contribution in [3.05, 3.63) is 88.4 Å². The van der Waals surface area contributed by atoms with Crippen molar-refractivity contribution in [1.82, 2.24) is 4.90 Å². The molecule has 3 aliphatic heterocycles. The molecule has 9 heteroatoms. The number of rotatable bonds is 8. The van der Waals surface area contributed by atoms with Crippen LogP contribution in [0.3, 0.4) is 0 Å². The molecule has 3 heterocycles. The van der Waals surface area contributed by atoms with E-state index in [0.717, 1.165) is 39.9 Å². The molecule has 2 amide bonds. The van der Waals surface area contributed by atoms with Crippen LogP contribution in [0.15, 0.2) is 77.3 Å². The van der Waals surface area contributed by atoms with Crippen molar-refractivity contribution >= 4 is 46.7 Å². The number of carbonyl (C=O) groups is 2. The minimum atomic E-state index is -2.38. The first-order valence-electron chi connectivity index (χ1n) is 15.5. The zero-order valence-corrected chi connectivity index (χ0v) is 28.4. The van der Waals surface area contributed by atoms with E-state index in [1.54, 1.807) is 7.11 Å². The van der Waals surface area contributed by atoms with Gasteiger partial charge < -0.3 is 24.4 Å². The Hall–Kier alpha value is -2.98. The number of ether oxygens (including phenoxy) is 2. The number of methoxy groups -OCH3 is 1. The number of hydrogen-bond donors (Lipinski definition) is 1. The first-order valence-corrected chi connectivity index (χ1v) is 19.4. The predicted octanol–water partition coefficient (Wildman–Crippen LogP) is 5.59. The summed E-state index contributed by atoms with van der Waals surface area (Å²) in [5, 5.41) is 11.2. The molecule has 0 aromatic heterocycles. The molecule has 6 rings (SSSR count). The number of amides is 2. The highest BCUT2D eigenvalue weighted by atomic mass is 79.9. The maximum absolute atomic E-state index is 14.8. The number of benzene rings is 3. The van der Waals surface area contributed by atoms with Gasteiger partial charge in [0.15, 0.2) is 5.60 Å². The van der Waals surface area contributed by atoms with Crippen LogP contribution in [0.2, 0.25) is 18.6 Å². The molecular weight excluding hydrogens is 636 g/mol. The van der Waals surface area contributed by atoms with Crippen molar-refractivity contribution < 1.29 is 24.2 Å². The van der Waals surface area contributed by atoms with Gasteiger partial charge in [-0.2, -0.15) is 0 Å². The molecule has 0 unspecified atom stereocenters. The second kappa shape index (κ2) is 12.1. The number of hydrogen-bond acceptors (Lipinski definition) is 5. The lowest BCUT2D eigenvalue weighted by atomic mass is 9.82. The fraction of sp³-hybridized carbons (Fsp3) is 0.429. The van der Waals surface area contributed by atoms with Gasteiger partial charge >= 0.3 is 0 Å². The third kappa shape index (κ3) is 5.11. The fourth-order valence-corrected chi connectivity index (χ4v) is 12.4. The minimum absolute atomic E-state index is 0.0126. The van der Waals surface area contributed by atoms with Gasteiger partial charge in [-0.1, -0.05) is 83.6 Å². The number of likely N-dealkylation sites (tertiary alicyclic amines) is 1. The summed E-state index contributed by atoms with van der Waals surface area (Å²) >= 11 is 3.67. The Labute approximate surface area is 269 Å². The lowest BCUT2D eigenvalue weighted by molar-refractivity contribution is -0.150. The van der Waals surface area contributed by atoms with Crippen LogP contribution in [-0.2, 0) is 26.5 Å². The molecule has 0 aliphatic carbocycles. The quantitative estimate of drug-likeness (QED) is 0.315. The van der Waals surface area contributed by atoms with Crippen LogP contribution < -0.4 is 14.8 Å². The Bertz CT molecular complexity index is 1530. The summed E-state index contributed by atoms with van der Waals surface area (Å²) in [4.78, 5) is 32.4. The summed E-state index contributed by atoms with van der Waals surface area (Å²) in [6.45, 7) is 7.83. The number of aliphatic hydroxyl groups excluding tert-OH is 1. The monoisotopic (exact) mass is 676 g/mol. The maximum Gasteiger partial charge on any atom is 0.264 e. The molecule has 5 atom stereocenters. The lowest BCUT2D eigenvalue weighted by Crippen LogP contribution is -2.52. The summed E-state index contributed by atoms with van der Waals surface area (Å²) in [5.74, 6) is 0.512. The molecule has 44 heavy (non-hydrogen) atoms. The van der Waals surface area contributed by atoms with Crippen molar-refractivity contribution in [2.45, 2.75) is 69.1 Å². The van der Waals surface area contributed by atoms with Gasteiger partial charge in [0.25, 0.3) is 5.91 Å². The van der Waals surface area contributed by atoms with Gasteiger partial charge in [0, 0.05) is 22.5 Å². The van der Waals surface area contributed by atoms with E-state index in [0.29, 0.717) is 13.1 Å². The van der Waals surface area contributed by atoms with Crippen LogP contribution >= 0.6 is 15.9 Å². The molecular formula is C35H41BrN2O5Si. The molecule has 3 aromatic rings. The first kappa shape index (κ1) is 31.0. The van der Waals surface area contributed by atoms with E-state index < -0.39 is 19.8 Å². The summed E-state index contributed by atoms with van der Waals surface area (Å²) in [5.41, 5.74) is 1.49. The van der Waals surface area contributed by atoms with E-state index in [2.05, 4.69) is 48.1 Å². The largest absolute Gasteiger partial charge is 0.497 e. The van der Waals surface area contributed by atoms with Crippen LogP contribution in [0, 0.1) is 5.92 Å². The van der Waals surface area contributed by atoms with E-state index in [4.69, 9.17) is 9.47 Å². The molecule has 1 N–H and O–H groups in total. The van der Waals surface area contributed by atoms with E-state index >= 15 is 0 Å². The fourth-order valence-electron chi connectivity index (χ4n) is 8.05. The SMILES string of the molecule is COc1ccc([Si](C)(C)[C@@H]2[C@@H](CC(=O)N3CCC[C@H]3CO)O[C@]3(C(=O)N(Cc4ccccc4)c4ccc(Br)cc43)[C@H]2C)cc1. The minimum Gasteiger partial charge on any atom is -0.497 e. The van der Waals surface area contributed by atoms with E-state index in [1.807, 2.05) is 70.5 Å². The average molecular weight is 678 g/mol. The third-order valence-corrected chi connectivity index (χ3v) is 15.1. The molecule has 0 saturated carbocycles. The van der Waals surface area contributed by atoms with E-state index in [1.165, 1.54) is 5.19 Å². The van der Waals surface area contributed by atoms with Gasteiger partial charge in [-0.3, -0.25) is 9.59 Å². The summed E-state index contributed by atoms with van der Waals surface area (Å²) in [6.07, 6.45) is 1.40. The number of aliphatic hydroxyl groups is 1. The van der Waals surface area contributed by atoms with Crippen LogP contribution in [0.4, 0.5) is 5.69 Å². The van der Waals surface area contributed by atoms with Crippen LogP contribution in [-0.4, -0.2) is 62.3 Å². The van der Waals surface area contributed by atoms with Crippen molar-refractivity contribution in [2.24, 2.45) is 5.92 Å². The van der Waals surface area contributed by atoms with Gasteiger partial charge in [-0.05, 0) is 54.3 Å². The van der Waals surface area contributed by atoms with Crippen molar-refractivity contribution in [1.29, 1.82) is 0 Å². The molecule has 3 aromatic carbocycles. The highest BCUT2D eigenvalue weighted by molar-refractivity contribution is 9.10. The molecule has 2 saturated heterocycles. The third-order valence-electron chi connectivity index (χ3n) is 10.3. The molecule has 2 fully saturated rings. The van der Waals surface area contributed by atoms with Gasteiger partial charge in [0.1, 0.15) is 5.75 Å². The highest BCUT2D eigenvalue weighted by Gasteiger charge is 2.66. The Balaban J connectivity index is 1.44. The number of nitrogens with zero attached hydrogens (tertiary/aromatic N) is 2. The smallest absolute Gasteiger partial charge is 0.264 e. The second-order valence-electron chi connectivity index (χ2n) is 13.0. The number of halogens is 1. The molecule has 1 spiro atoms. The Morgan fingerprint density at radius 3 is 2.52 bits per heavy atom. The zero-order valence-electron chi connectivity index (χ0n) is 25.8. The van der Waals surface area contributed by atoms with Crippen LogP contribution in [0.5, 0.6) is 5.75 Å². The molecule has 7 nitrogen and oxygen atoms in total. The van der Waals surface area contributed by atoms with Gasteiger partial charge in [0.05, 0.1) is 52.6 Å². The zero-order chi connectivity index (χ0) is 31.2. The Morgan fingerprint density at radius 2 is 1.84 bits per heavy atom. The van der Waals surface area contributed by atoms with Gasteiger partial charge in [-0.15, -0.1) is 0 Å². The number of anilines is 1. The Morgan fingerprint density at radius 1 is 1.11 bits per heavy atom. The van der Waals surface area contributed by atoms with Crippen molar-refractivity contribution in [3.63, 3.8) is 0 Å². The van der Waals surface area contributed by atoms with Crippen LogP contribution in [0.25, 0.3) is 0 Å². The molecule has 0 bridgehead atoms. The summed E-state index contributed by atoms with van der Waals surface area (Å²) in [6, 6.07) is 24.1. The van der Waals surface area contributed by atoms with Crippen molar-refractivity contribution in [2.75, 3.05) is 25.2 Å². The second-order valence-corrected chi connectivity index (χ2v) is 18.6. The predicted molar refractivity (Wildman–Crippen MR) is 178 cm³/mol. The highest BCUT2D eigenvalue weighted by Crippen LogP contribution is 2.60. The first-order chi connectivity index (χ1) is 21.1. The van der Waals surface area contributed by atoms with E-state index in [-0.39, 0.29) is 42.3 Å². The topological polar surface area (TPSA) is 79.3 Å². The van der Waals surface area contributed by atoms with E-state index in [9.17, 15) is 14.7 Å². The normalized spacial score (nSPS) is 26.5. The molecule has 3 aliphatic rings. The lowest BCUT2D eigenvalue weighted by Gasteiger charge is -2.37. The summed E-state index contributed by atoms with van der Waals surface area (Å²) in [7, 11) is -0.714. The number of fused-ring (bicyclic) bond motifs is 2. The summed E-state index contributed by atoms with van der Waals surface area (Å²) < 4.78 is 13.5. The maximum atomic E-state index is 14.8. The van der Waals surface area contributed by atoms with Crippen LogP contribution in [0.1, 0.15) is 37.3 Å². The number of carbonyl (C=O) groups excluding carboxylic acids is 2.